The van der Waals surface area contributed by atoms with Crippen LogP contribution < -0.4 is 20.5 Å². The quantitative estimate of drug-likeness (QED) is 0.857. The molecule has 0 bridgehead atoms. The van der Waals surface area contributed by atoms with Crippen molar-refractivity contribution in [3.8, 4) is 11.5 Å². The van der Waals surface area contributed by atoms with Crippen LogP contribution in [0.2, 0.25) is 0 Å². The van der Waals surface area contributed by atoms with Gasteiger partial charge in [-0.05, 0) is 12.5 Å². The number of thiophene rings is 1. The van der Waals surface area contributed by atoms with Crippen molar-refractivity contribution in [2.75, 3.05) is 13.7 Å². The van der Waals surface area contributed by atoms with E-state index in [1.165, 1.54) is 18.4 Å². The van der Waals surface area contributed by atoms with Gasteiger partial charge in [0, 0.05) is 11.8 Å². The lowest BCUT2D eigenvalue weighted by atomic mass is 10.2. The summed E-state index contributed by atoms with van der Waals surface area (Å²) in [5.74, 6) is 0.391. The van der Waals surface area contributed by atoms with Crippen molar-refractivity contribution in [1.29, 1.82) is 0 Å². The summed E-state index contributed by atoms with van der Waals surface area (Å²) in [6, 6.07) is 1.73. The number of pyridine rings is 1. The molecule has 0 aromatic carbocycles. The predicted octanol–water partition coefficient (Wildman–Crippen LogP) is 1.06. The van der Waals surface area contributed by atoms with Gasteiger partial charge < -0.3 is 20.5 Å². The summed E-state index contributed by atoms with van der Waals surface area (Å²) in [5, 5.41) is 5.43. The van der Waals surface area contributed by atoms with Crippen LogP contribution in [0.25, 0.3) is 10.2 Å². The zero-order chi connectivity index (χ0) is 15.7. The molecule has 0 aliphatic carbocycles. The third-order valence-corrected chi connectivity index (χ3v) is 4.34. The Morgan fingerprint density at radius 1 is 1.55 bits per heavy atom. The summed E-state index contributed by atoms with van der Waals surface area (Å²) in [5.41, 5.74) is 5.40. The summed E-state index contributed by atoms with van der Waals surface area (Å²) < 4.78 is 10.9. The molecule has 0 saturated carbocycles. The second-order valence-corrected chi connectivity index (χ2v) is 5.83. The van der Waals surface area contributed by atoms with Gasteiger partial charge in [-0.25, -0.2) is 4.98 Å². The number of methoxy groups -OCH3 is 1. The molecular formula is C14H15N3O4S. The average molecular weight is 321 g/mol. The Balaban J connectivity index is 1.84. The second kappa shape index (κ2) is 5.80. The Morgan fingerprint density at radius 3 is 3.00 bits per heavy atom. The molecule has 2 aromatic rings. The Bertz CT molecular complexity index is 743. The molecule has 0 spiro atoms. The number of hydrogen-bond acceptors (Lipinski definition) is 6. The lowest BCUT2D eigenvalue weighted by molar-refractivity contribution is -0.119. The molecule has 3 N–H and O–H groups in total. The topological polar surface area (TPSA) is 104 Å². The first kappa shape index (κ1) is 14.6. The maximum Gasteiger partial charge on any atom is 0.271 e. The van der Waals surface area contributed by atoms with Crippen LogP contribution >= 0.6 is 11.3 Å². The molecule has 1 fully saturated rings. The van der Waals surface area contributed by atoms with Crippen molar-refractivity contribution < 1.29 is 19.1 Å². The largest absolute Gasteiger partial charge is 0.494 e. The smallest absolute Gasteiger partial charge is 0.271 e. The fourth-order valence-corrected chi connectivity index (χ4v) is 3.20. The van der Waals surface area contributed by atoms with Crippen molar-refractivity contribution in [2.24, 2.45) is 5.73 Å². The van der Waals surface area contributed by atoms with Crippen LogP contribution in [0.3, 0.4) is 0 Å². The molecule has 3 heterocycles. The summed E-state index contributed by atoms with van der Waals surface area (Å²) in [6.07, 6.45) is 1.31. The van der Waals surface area contributed by atoms with E-state index in [-0.39, 0.29) is 17.6 Å². The first-order valence-electron chi connectivity index (χ1n) is 6.76. The lowest BCUT2D eigenvalue weighted by Crippen LogP contribution is -2.30. The summed E-state index contributed by atoms with van der Waals surface area (Å²) in [6.45, 7) is 0.400. The fourth-order valence-electron chi connectivity index (χ4n) is 2.35. The van der Waals surface area contributed by atoms with Gasteiger partial charge >= 0.3 is 0 Å². The fraction of sp³-hybridized carbons (Fsp3) is 0.357. The molecule has 1 saturated heterocycles. The number of primary amides is 1. The molecule has 1 aliphatic heterocycles. The molecule has 1 aliphatic rings. The lowest BCUT2D eigenvalue weighted by Gasteiger charge is -2.11. The standard InChI is InChI=1S/C14H15N3O4S/c1-20-9-4-8-10(21-5-7-2-3-11(18)16-7)6-22-14(8)17-12(9)13(15)19/h4,6-7H,2-3,5H2,1H3,(H2,15,19)(H,16,18). The first-order valence-corrected chi connectivity index (χ1v) is 7.64. The third-order valence-electron chi connectivity index (χ3n) is 3.47. The van der Waals surface area contributed by atoms with E-state index < -0.39 is 5.91 Å². The minimum Gasteiger partial charge on any atom is -0.494 e. The number of nitrogens with one attached hydrogen (secondary N) is 1. The van der Waals surface area contributed by atoms with Crippen LogP contribution in [-0.2, 0) is 4.79 Å². The highest BCUT2D eigenvalue weighted by atomic mass is 32.1. The Morgan fingerprint density at radius 2 is 2.36 bits per heavy atom. The molecule has 22 heavy (non-hydrogen) atoms. The SMILES string of the molecule is COc1cc2c(OCC3CCC(=O)N3)csc2nc1C(N)=O. The van der Waals surface area contributed by atoms with Gasteiger partial charge in [0.1, 0.15) is 17.2 Å². The van der Waals surface area contributed by atoms with Crippen LogP contribution in [0.5, 0.6) is 11.5 Å². The van der Waals surface area contributed by atoms with Gasteiger partial charge in [-0.15, -0.1) is 11.3 Å². The predicted molar refractivity (Wildman–Crippen MR) is 81.3 cm³/mol. The van der Waals surface area contributed by atoms with Crippen molar-refractivity contribution in [3.63, 3.8) is 0 Å². The van der Waals surface area contributed by atoms with Gasteiger partial charge in [0.2, 0.25) is 5.91 Å². The number of carbonyl (C=O) groups excluding carboxylic acids is 2. The number of hydrogen-bond donors (Lipinski definition) is 2. The van der Waals surface area contributed by atoms with Crippen molar-refractivity contribution in [3.05, 3.63) is 17.1 Å². The molecule has 1 unspecified atom stereocenters. The van der Waals surface area contributed by atoms with Crippen LogP contribution in [-0.4, -0.2) is 36.6 Å². The summed E-state index contributed by atoms with van der Waals surface area (Å²) in [7, 11) is 1.45. The number of amides is 2. The number of aromatic nitrogens is 1. The average Bonchev–Trinajstić information content (AvgIpc) is 3.09. The molecule has 3 rings (SSSR count). The molecule has 2 amide bonds. The molecule has 116 valence electrons. The molecule has 1 atom stereocenters. The zero-order valence-electron chi connectivity index (χ0n) is 11.9. The molecular weight excluding hydrogens is 306 g/mol. The maximum absolute atomic E-state index is 11.4. The van der Waals surface area contributed by atoms with E-state index in [0.717, 1.165) is 11.8 Å². The zero-order valence-corrected chi connectivity index (χ0v) is 12.7. The van der Waals surface area contributed by atoms with E-state index in [2.05, 4.69) is 10.3 Å². The summed E-state index contributed by atoms with van der Waals surface area (Å²) >= 11 is 1.36. The second-order valence-electron chi connectivity index (χ2n) is 4.97. The van der Waals surface area contributed by atoms with E-state index in [1.54, 1.807) is 6.07 Å². The Kier molecular flexibility index (Phi) is 3.84. The minimum absolute atomic E-state index is 0.0298. The number of carbonyl (C=O) groups is 2. The van der Waals surface area contributed by atoms with E-state index in [4.69, 9.17) is 15.2 Å². The first-order chi connectivity index (χ1) is 10.6. The molecule has 0 radical (unpaired) electrons. The number of nitrogens with zero attached hydrogens (tertiary/aromatic N) is 1. The monoisotopic (exact) mass is 321 g/mol. The van der Waals surface area contributed by atoms with Crippen molar-refractivity contribution in [1.82, 2.24) is 10.3 Å². The normalized spacial score (nSPS) is 17.5. The number of fused-ring (bicyclic) bond motifs is 1. The van der Waals surface area contributed by atoms with E-state index in [0.29, 0.717) is 29.4 Å². The number of rotatable bonds is 5. The van der Waals surface area contributed by atoms with Gasteiger partial charge in [0.25, 0.3) is 5.91 Å². The molecule has 2 aromatic heterocycles. The van der Waals surface area contributed by atoms with Crippen molar-refractivity contribution in [2.45, 2.75) is 18.9 Å². The van der Waals surface area contributed by atoms with Gasteiger partial charge in [-0.2, -0.15) is 0 Å². The minimum atomic E-state index is -0.636. The number of nitrogens with two attached hydrogens (primary N) is 1. The van der Waals surface area contributed by atoms with Gasteiger partial charge in [-0.1, -0.05) is 0 Å². The van der Waals surface area contributed by atoms with Crippen LogP contribution in [0.4, 0.5) is 0 Å². The van der Waals surface area contributed by atoms with Gasteiger partial charge in [-0.3, -0.25) is 9.59 Å². The van der Waals surface area contributed by atoms with Gasteiger partial charge in [0.15, 0.2) is 11.4 Å². The van der Waals surface area contributed by atoms with E-state index in [9.17, 15) is 9.59 Å². The Labute approximate surface area is 130 Å². The van der Waals surface area contributed by atoms with E-state index in [1.807, 2.05) is 5.38 Å². The highest BCUT2D eigenvalue weighted by Crippen LogP contribution is 2.35. The highest BCUT2D eigenvalue weighted by molar-refractivity contribution is 7.17. The maximum atomic E-state index is 11.4. The highest BCUT2D eigenvalue weighted by Gasteiger charge is 2.22. The van der Waals surface area contributed by atoms with E-state index >= 15 is 0 Å². The molecule has 7 nitrogen and oxygen atoms in total. The number of ether oxygens (including phenoxy) is 2. The van der Waals surface area contributed by atoms with Crippen LogP contribution in [0.1, 0.15) is 23.3 Å². The third kappa shape index (κ3) is 2.69. The van der Waals surface area contributed by atoms with Crippen LogP contribution in [0.15, 0.2) is 11.4 Å². The summed E-state index contributed by atoms with van der Waals surface area (Å²) in [4.78, 5) is 27.4. The van der Waals surface area contributed by atoms with Crippen molar-refractivity contribution >= 4 is 33.4 Å². The van der Waals surface area contributed by atoms with Gasteiger partial charge in [0.05, 0.1) is 18.5 Å². The Hall–Kier alpha value is -2.35. The van der Waals surface area contributed by atoms with Crippen LogP contribution in [0, 0.1) is 0 Å². The molecule has 8 heteroatoms.